The Balaban J connectivity index is 2.30. The molecule has 2 aromatic heterocycles. The second-order valence-electron chi connectivity index (χ2n) is 4.46. The van der Waals surface area contributed by atoms with E-state index in [1.165, 1.54) is 19.1 Å². The molecule has 0 fully saturated rings. The van der Waals surface area contributed by atoms with Crippen LogP contribution in [0.2, 0.25) is 0 Å². The first-order valence-corrected chi connectivity index (χ1v) is 6.69. The molecule has 3 aromatic rings. The van der Waals surface area contributed by atoms with Gasteiger partial charge in [-0.1, -0.05) is 0 Å². The highest BCUT2D eigenvalue weighted by molar-refractivity contribution is 7.13. The van der Waals surface area contributed by atoms with Crippen molar-refractivity contribution in [3.8, 4) is 5.69 Å². The number of fused-ring (bicyclic) bond motifs is 1. The third-order valence-electron chi connectivity index (χ3n) is 3.12. The van der Waals surface area contributed by atoms with E-state index < -0.39 is 18.1 Å². The molecule has 0 atom stereocenters. The SMILES string of the molecule is Cc1nsc2cc(F)c(-n3nc(C)n(C(F)F)c3=O)cc12. The van der Waals surface area contributed by atoms with E-state index in [9.17, 15) is 18.0 Å². The van der Waals surface area contributed by atoms with Gasteiger partial charge in [0.25, 0.3) is 0 Å². The van der Waals surface area contributed by atoms with Crippen LogP contribution in [0.1, 0.15) is 18.1 Å². The Bertz CT molecular complexity index is 896. The molecule has 2 heterocycles. The van der Waals surface area contributed by atoms with E-state index in [-0.39, 0.29) is 16.1 Å². The minimum absolute atomic E-state index is 0.168. The van der Waals surface area contributed by atoms with Crippen LogP contribution in [0.5, 0.6) is 0 Å². The fourth-order valence-corrected chi connectivity index (χ4v) is 2.88. The fraction of sp³-hybridized carbons (Fsp3) is 0.250. The maximum atomic E-state index is 14.1. The molecule has 21 heavy (non-hydrogen) atoms. The van der Waals surface area contributed by atoms with Gasteiger partial charge in [-0.3, -0.25) is 0 Å². The van der Waals surface area contributed by atoms with Crippen molar-refractivity contribution in [1.82, 2.24) is 18.7 Å². The van der Waals surface area contributed by atoms with Gasteiger partial charge in [0.05, 0.1) is 10.4 Å². The molecule has 9 heteroatoms. The minimum atomic E-state index is -3.03. The van der Waals surface area contributed by atoms with Gasteiger partial charge in [0.2, 0.25) is 0 Å². The summed E-state index contributed by atoms with van der Waals surface area (Å²) in [5.74, 6) is -0.901. The summed E-state index contributed by atoms with van der Waals surface area (Å²) in [7, 11) is 0. The van der Waals surface area contributed by atoms with Crippen molar-refractivity contribution in [2.45, 2.75) is 20.4 Å². The third kappa shape index (κ3) is 2.04. The predicted octanol–water partition coefficient (Wildman–Crippen LogP) is 2.79. The van der Waals surface area contributed by atoms with Crippen LogP contribution in [0.4, 0.5) is 13.2 Å². The molecule has 0 amide bonds. The zero-order valence-corrected chi connectivity index (χ0v) is 11.8. The Kier molecular flexibility index (Phi) is 3.08. The van der Waals surface area contributed by atoms with Crippen LogP contribution in [-0.4, -0.2) is 18.7 Å². The summed E-state index contributed by atoms with van der Waals surface area (Å²) >= 11 is 1.13. The highest BCUT2D eigenvalue weighted by atomic mass is 32.1. The molecule has 0 aliphatic carbocycles. The van der Waals surface area contributed by atoms with Gasteiger partial charge in [-0.15, -0.1) is 5.10 Å². The maximum Gasteiger partial charge on any atom is 0.355 e. The highest BCUT2D eigenvalue weighted by Crippen LogP contribution is 2.26. The van der Waals surface area contributed by atoms with Crippen molar-refractivity contribution in [3.05, 3.63) is 40.0 Å². The second-order valence-corrected chi connectivity index (χ2v) is 5.26. The summed E-state index contributed by atoms with van der Waals surface area (Å²) in [4.78, 5) is 11.9. The van der Waals surface area contributed by atoms with Crippen molar-refractivity contribution in [2.75, 3.05) is 0 Å². The minimum Gasteiger partial charge on any atom is -0.245 e. The lowest BCUT2D eigenvalue weighted by Gasteiger charge is -2.02. The number of hydrogen-bond acceptors (Lipinski definition) is 4. The highest BCUT2D eigenvalue weighted by Gasteiger charge is 2.21. The van der Waals surface area contributed by atoms with Crippen LogP contribution in [0.3, 0.4) is 0 Å². The number of hydrogen-bond donors (Lipinski definition) is 0. The molecule has 5 nitrogen and oxygen atoms in total. The summed E-state index contributed by atoms with van der Waals surface area (Å²) in [6, 6.07) is 2.62. The molecule has 0 saturated heterocycles. The summed E-state index contributed by atoms with van der Waals surface area (Å²) < 4.78 is 45.3. The Morgan fingerprint density at radius 2 is 2.00 bits per heavy atom. The Labute approximate surface area is 120 Å². The van der Waals surface area contributed by atoms with Gasteiger partial charge >= 0.3 is 12.2 Å². The monoisotopic (exact) mass is 314 g/mol. The molecule has 0 spiro atoms. The Hall–Kier alpha value is -2.16. The number of benzene rings is 1. The molecule has 0 N–H and O–H groups in total. The molecule has 0 bridgehead atoms. The van der Waals surface area contributed by atoms with Crippen LogP contribution in [0.25, 0.3) is 15.8 Å². The van der Waals surface area contributed by atoms with E-state index in [1.54, 1.807) is 6.92 Å². The standard InChI is InChI=1S/C12H9F3N4OS/c1-5-7-3-9(8(13)4-10(7)21-17-5)19-12(20)18(11(14)15)6(2)16-19/h3-4,11H,1-2H3. The zero-order valence-electron chi connectivity index (χ0n) is 11.0. The van der Waals surface area contributed by atoms with Crippen LogP contribution in [0, 0.1) is 19.7 Å². The summed E-state index contributed by atoms with van der Waals surface area (Å²) in [6.45, 7) is -0.0212. The molecule has 3 rings (SSSR count). The first-order chi connectivity index (χ1) is 9.90. The molecule has 0 unspecified atom stereocenters. The predicted molar refractivity (Wildman–Crippen MR) is 71.7 cm³/mol. The quantitative estimate of drug-likeness (QED) is 0.731. The average Bonchev–Trinajstić information content (AvgIpc) is 2.89. The molecular formula is C12H9F3N4OS. The topological polar surface area (TPSA) is 52.7 Å². The van der Waals surface area contributed by atoms with Crippen molar-refractivity contribution in [2.24, 2.45) is 0 Å². The van der Waals surface area contributed by atoms with Gasteiger partial charge in [-0.2, -0.15) is 17.8 Å². The number of alkyl halides is 2. The normalized spacial score (nSPS) is 11.7. The molecule has 0 aliphatic rings. The van der Waals surface area contributed by atoms with E-state index in [2.05, 4.69) is 9.47 Å². The molecule has 0 aliphatic heterocycles. The van der Waals surface area contributed by atoms with Gasteiger partial charge in [0.1, 0.15) is 11.5 Å². The molecule has 1 aromatic carbocycles. The maximum absolute atomic E-state index is 14.1. The Morgan fingerprint density at radius 1 is 1.29 bits per heavy atom. The smallest absolute Gasteiger partial charge is 0.245 e. The number of aromatic nitrogens is 4. The van der Waals surface area contributed by atoms with E-state index >= 15 is 0 Å². The van der Waals surface area contributed by atoms with Crippen LogP contribution >= 0.6 is 11.5 Å². The number of aryl methyl sites for hydroxylation is 2. The lowest BCUT2D eigenvalue weighted by molar-refractivity contribution is 0.0640. The van der Waals surface area contributed by atoms with Crippen LogP contribution in [0.15, 0.2) is 16.9 Å². The van der Waals surface area contributed by atoms with Crippen molar-refractivity contribution in [1.29, 1.82) is 0 Å². The van der Waals surface area contributed by atoms with Gasteiger partial charge in [0, 0.05) is 5.39 Å². The summed E-state index contributed by atoms with van der Waals surface area (Å²) in [5, 5.41) is 4.37. The van der Waals surface area contributed by atoms with E-state index in [4.69, 9.17) is 0 Å². The van der Waals surface area contributed by atoms with Crippen molar-refractivity contribution >= 4 is 21.6 Å². The Morgan fingerprint density at radius 3 is 2.62 bits per heavy atom. The lowest BCUT2D eigenvalue weighted by Crippen LogP contribution is -2.25. The fourth-order valence-electron chi connectivity index (χ4n) is 2.09. The zero-order chi connectivity index (χ0) is 15.3. The first kappa shape index (κ1) is 13.8. The molecule has 0 saturated carbocycles. The van der Waals surface area contributed by atoms with Gasteiger partial charge in [0.15, 0.2) is 5.82 Å². The average molecular weight is 314 g/mol. The van der Waals surface area contributed by atoms with Gasteiger partial charge < -0.3 is 0 Å². The summed E-state index contributed by atoms with van der Waals surface area (Å²) in [5.41, 5.74) is -0.575. The van der Waals surface area contributed by atoms with Gasteiger partial charge in [-0.25, -0.2) is 13.8 Å². The largest absolute Gasteiger partial charge is 0.355 e. The van der Waals surface area contributed by atoms with Crippen molar-refractivity contribution in [3.63, 3.8) is 0 Å². The van der Waals surface area contributed by atoms with Gasteiger partial charge in [-0.05, 0) is 37.5 Å². The molecule has 110 valence electrons. The number of halogens is 3. The van der Waals surface area contributed by atoms with Crippen LogP contribution in [-0.2, 0) is 0 Å². The van der Waals surface area contributed by atoms with E-state index in [0.717, 1.165) is 11.5 Å². The molecule has 0 radical (unpaired) electrons. The lowest BCUT2D eigenvalue weighted by atomic mass is 10.2. The number of rotatable bonds is 2. The van der Waals surface area contributed by atoms with E-state index in [0.29, 0.717) is 20.5 Å². The van der Waals surface area contributed by atoms with E-state index in [1.807, 2.05) is 0 Å². The first-order valence-electron chi connectivity index (χ1n) is 5.92. The second kappa shape index (κ2) is 4.69. The molecular weight excluding hydrogens is 305 g/mol. The number of nitrogens with zero attached hydrogens (tertiary/aromatic N) is 4. The third-order valence-corrected chi connectivity index (χ3v) is 4.02. The van der Waals surface area contributed by atoms with Crippen molar-refractivity contribution < 1.29 is 13.2 Å². The summed E-state index contributed by atoms with van der Waals surface area (Å²) in [6.07, 6.45) is 0. The van der Waals surface area contributed by atoms with Crippen LogP contribution < -0.4 is 5.69 Å².